The number of halogens is 1. The Balaban J connectivity index is 0. The predicted molar refractivity (Wildman–Crippen MR) is 69.3 cm³/mol. The summed E-state index contributed by atoms with van der Waals surface area (Å²) in [5.74, 6) is -1.72. The van der Waals surface area contributed by atoms with Crippen molar-refractivity contribution in [2.75, 3.05) is 7.11 Å². The molecule has 0 unspecified atom stereocenters. The summed E-state index contributed by atoms with van der Waals surface area (Å²) in [7, 11) is 1.14. The first-order chi connectivity index (χ1) is 8.09. The molecule has 2 nitrogen and oxygen atoms in total. The van der Waals surface area contributed by atoms with Crippen LogP contribution in [0.2, 0.25) is 0 Å². The molecule has 0 saturated carbocycles. The molecule has 0 heterocycles. The summed E-state index contributed by atoms with van der Waals surface area (Å²) in [6.07, 6.45) is 0. The van der Waals surface area contributed by atoms with Crippen LogP contribution < -0.4 is 0 Å². The molecule has 3 heteroatoms. The predicted octanol–water partition coefficient (Wildman–Crippen LogP) is 4.14. The molecule has 0 aliphatic rings. The van der Waals surface area contributed by atoms with E-state index < -0.39 is 11.8 Å². The normalized spacial score (nSPS) is 7.65. The highest BCUT2D eigenvalue weighted by Crippen LogP contribution is 2.05. The quantitative estimate of drug-likeness (QED) is 0.545. The van der Waals surface area contributed by atoms with E-state index in [0.717, 1.165) is 7.11 Å². The number of hydrogen-bond acceptors (Lipinski definition) is 2. The van der Waals surface area contributed by atoms with Gasteiger partial charge in [0.2, 0.25) is 5.83 Å². The molecule has 0 aliphatic carbocycles. The maximum absolute atomic E-state index is 12.3. The van der Waals surface area contributed by atoms with Crippen molar-refractivity contribution in [2.24, 2.45) is 0 Å². The summed E-state index contributed by atoms with van der Waals surface area (Å²) < 4.78 is 16.4. The minimum atomic E-state index is -0.907. The second kappa shape index (κ2) is 12.4. The minimum Gasteiger partial charge on any atom is -0.464 e. The van der Waals surface area contributed by atoms with Crippen LogP contribution in [0.1, 0.15) is 27.7 Å². The first kappa shape index (κ1) is 17.7. The van der Waals surface area contributed by atoms with Gasteiger partial charge in [-0.05, 0) is 19.4 Å². The first-order valence-electron chi connectivity index (χ1n) is 5.51. The van der Waals surface area contributed by atoms with Crippen LogP contribution in [0.15, 0.2) is 47.8 Å². The Kier molecular flexibility index (Phi) is 13.0. The van der Waals surface area contributed by atoms with Crippen LogP contribution in [0.3, 0.4) is 0 Å². The van der Waals surface area contributed by atoms with Crippen molar-refractivity contribution in [1.29, 1.82) is 0 Å². The van der Waals surface area contributed by atoms with Gasteiger partial charge in [0.25, 0.3) is 0 Å². The number of carbonyl (C=O) groups is 1. The van der Waals surface area contributed by atoms with E-state index in [2.05, 4.69) is 4.74 Å². The van der Waals surface area contributed by atoms with Crippen molar-refractivity contribution in [3.05, 3.63) is 47.8 Å². The molecule has 0 aliphatic heterocycles. The highest BCUT2D eigenvalue weighted by atomic mass is 19.1. The van der Waals surface area contributed by atoms with Gasteiger partial charge < -0.3 is 4.74 Å². The molecule has 0 amide bonds. The number of hydrogen-bond donors (Lipinski definition) is 0. The Morgan fingerprint density at radius 2 is 1.24 bits per heavy atom. The molecule has 0 N–H and O–H groups in total. The Labute approximate surface area is 103 Å². The van der Waals surface area contributed by atoms with Crippen LogP contribution in [0.25, 0.3) is 0 Å². The molecule has 17 heavy (non-hydrogen) atoms. The molecule has 0 spiro atoms. The van der Waals surface area contributed by atoms with E-state index in [1.54, 1.807) is 0 Å². The average Bonchev–Trinajstić information content (AvgIpc) is 2.41. The number of ether oxygens (including phenoxy) is 1. The van der Waals surface area contributed by atoms with E-state index in [9.17, 15) is 9.18 Å². The van der Waals surface area contributed by atoms with Crippen molar-refractivity contribution in [3.8, 4) is 0 Å². The second-order valence-corrected chi connectivity index (χ2v) is 2.96. The molecule has 0 fully saturated rings. The Morgan fingerprint density at radius 1 is 0.941 bits per heavy atom. The summed E-state index contributed by atoms with van der Waals surface area (Å²) in [6.45, 7) is 7.01. The van der Waals surface area contributed by atoms with Crippen molar-refractivity contribution in [2.45, 2.75) is 27.7 Å². The minimum absolute atomic E-state index is 0.335. The van der Waals surface area contributed by atoms with Gasteiger partial charge in [-0.1, -0.05) is 50.2 Å². The van der Waals surface area contributed by atoms with Gasteiger partial charge in [0.05, 0.1) is 7.11 Å². The third-order valence-corrected chi connectivity index (χ3v) is 1.47. The van der Waals surface area contributed by atoms with Crippen LogP contribution in [0.5, 0.6) is 0 Å². The smallest absolute Gasteiger partial charge is 0.366 e. The number of rotatable bonds is 1. The van der Waals surface area contributed by atoms with E-state index in [1.165, 1.54) is 13.8 Å². The highest BCUT2D eigenvalue weighted by Gasteiger charge is 2.08. The fourth-order valence-electron chi connectivity index (χ4n) is 0.679. The lowest BCUT2D eigenvalue weighted by Gasteiger charge is -1.94. The van der Waals surface area contributed by atoms with Gasteiger partial charge in [0.1, 0.15) is 0 Å². The van der Waals surface area contributed by atoms with Crippen molar-refractivity contribution < 1.29 is 13.9 Å². The van der Waals surface area contributed by atoms with Crippen LogP contribution in [-0.4, -0.2) is 13.1 Å². The lowest BCUT2D eigenvalue weighted by Crippen LogP contribution is -2.01. The summed E-state index contributed by atoms with van der Waals surface area (Å²) in [6, 6.07) is 12.0. The standard InChI is InChI=1S/C6H9FO2.C6H6.C2H6/c1-4(2)5(7)6(8)9-3;1-2-4-6-5-3-1;1-2/h1-3H3;1-6H;1-2H3. The second-order valence-electron chi connectivity index (χ2n) is 2.96. The lowest BCUT2D eigenvalue weighted by molar-refractivity contribution is -0.137. The molecule has 0 bridgehead atoms. The van der Waals surface area contributed by atoms with Gasteiger partial charge >= 0.3 is 5.97 Å². The summed E-state index contributed by atoms with van der Waals surface area (Å²) in [4.78, 5) is 10.3. The molecule has 0 saturated heterocycles. The summed E-state index contributed by atoms with van der Waals surface area (Å²) >= 11 is 0. The number of methoxy groups -OCH3 is 1. The van der Waals surface area contributed by atoms with Crippen LogP contribution in [0, 0.1) is 0 Å². The number of carbonyl (C=O) groups excluding carboxylic acids is 1. The van der Waals surface area contributed by atoms with Crippen LogP contribution >= 0.6 is 0 Å². The van der Waals surface area contributed by atoms with Gasteiger partial charge in [0, 0.05) is 0 Å². The largest absolute Gasteiger partial charge is 0.464 e. The van der Waals surface area contributed by atoms with Gasteiger partial charge in [-0.15, -0.1) is 0 Å². The maximum atomic E-state index is 12.3. The summed E-state index contributed by atoms with van der Waals surface area (Å²) in [5, 5.41) is 0. The van der Waals surface area contributed by atoms with Gasteiger partial charge in [-0.2, -0.15) is 4.39 Å². The average molecular weight is 240 g/mol. The SMILES string of the molecule is CC.COC(=O)C(F)=C(C)C.c1ccccc1. The lowest BCUT2D eigenvalue weighted by atomic mass is 10.3. The topological polar surface area (TPSA) is 26.3 Å². The number of esters is 1. The molecular formula is C14H21FO2. The zero-order valence-electron chi connectivity index (χ0n) is 11.2. The van der Waals surface area contributed by atoms with Crippen LogP contribution in [0.4, 0.5) is 4.39 Å². The zero-order chi connectivity index (χ0) is 13.7. The van der Waals surface area contributed by atoms with E-state index >= 15 is 0 Å². The van der Waals surface area contributed by atoms with E-state index in [0.29, 0.717) is 5.57 Å². The van der Waals surface area contributed by atoms with Gasteiger partial charge in [-0.25, -0.2) is 4.79 Å². The molecule has 96 valence electrons. The Morgan fingerprint density at radius 3 is 1.35 bits per heavy atom. The van der Waals surface area contributed by atoms with E-state index in [4.69, 9.17) is 0 Å². The van der Waals surface area contributed by atoms with Crippen molar-refractivity contribution >= 4 is 5.97 Å². The molecule has 0 radical (unpaired) electrons. The fourth-order valence-corrected chi connectivity index (χ4v) is 0.679. The van der Waals surface area contributed by atoms with Gasteiger partial charge in [0.15, 0.2) is 0 Å². The Bertz CT molecular complexity index is 288. The van der Waals surface area contributed by atoms with Crippen LogP contribution in [-0.2, 0) is 9.53 Å². The Hall–Kier alpha value is -1.64. The van der Waals surface area contributed by atoms with Crippen molar-refractivity contribution in [3.63, 3.8) is 0 Å². The molecule has 0 aromatic heterocycles. The fraction of sp³-hybridized carbons (Fsp3) is 0.357. The van der Waals surface area contributed by atoms with E-state index in [1.807, 2.05) is 50.2 Å². The zero-order valence-corrected chi connectivity index (χ0v) is 11.2. The van der Waals surface area contributed by atoms with Gasteiger partial charge in [-0.3, -0.25) is 0 Å². The molecule has 0 atom stereocenters. The van der Waals surface area contributed by atoms with E-state index in [-0.39, 0.29) is 0 Å². The molecule has 1 aromatic carbocycles. The summed E-state index contributed by atoms with van der Waals surface area (Å²) in [5.41, 5.74) is 0.335. The number of benzene rings is 1. The monoisotopic (exact) mass is 240 g/mol. The molecule has 1 aromatic rings. The first-order valence-corrected chi connectivity index (χ1v) is 5.51. The third kappa shape index (κ3) is 10.6. The maximum Gasteiger partial charge on any atom is 0.366 e. The van der Waals surface area contributed by atoms with Crippen molar-refractivity contribution in [1.82, 2.24) is 0 Å². The highest BCUT2D eigenvalue weighted by molar-refractivity contribution is 5.86. The molecular weight excluding hydrogens is 219 g/mol. The number of allylic oxidation sites excluding steroid dienone is 1. The molecule has 1 rings (SSSR count). The third-order valence-electron chi connectivity index (χ3n) is 1.47.